The lowest BCUT2D eigenvalue weighted by Gasteiger charge is -2.18. The summed E-state index contributed by atoms with van der Waals surface area (Å²) >= 11 is 0. The summed E-state index contributed by atoms with van der Waals surface area (Å²) in [5.41, 5.74) is 2.11. The quantitative estimate of drug-likeness (QED) is 0.736. The number of likely N-dealkylation sites (tertiary alicyclic amines) is 1. The predicted molar refractivity (Wildman–Crippen MR) is 104 cm³/mol. The molecule has 1 aliphatic rings. The van der Waals surface area contributed by atoms with Crippen LogP contribution in [0, 0.1) is 5.92 Å². The Kier molecular flexibility index (Phi) is 5.71. The molecule has 8 heteroatoms. The van der Waals surface area contributed by atoms with Crippen LogP contribution < -0.4 is 5.63 Å². The van der Waals surface area contributed by atoms with Gasteiger partial charge in [-0.15, -0.1) is 0 Å². The number of hydrogen-bond acceptors (Lipinski definition) is 6. The molecule has 1 saturated heterocycles. The van der Waals surface area contributed by atoms with Gasteiger partial charge in [0.2, 0.25) is 10.0 Å². The van der Waals surface area contributed by atoms with Crippen molar-refractivity contribution in [3.05, 3.63) is 45.8 Å². The zero-order valence-corrected chi connectivity index (χ0v) is 16.7. The van der Waals surface area contributed by atoms with E-state index in [1.807, 2.05) is 23.1 Å². The summed E-state index contributed by atoms with van der Waals surface area (Å²) in [6.07, 6.45) is 0.166. The van der Waals surface area contributed by atoms with Crippen LogP contribution in [0.1, 0.15) is 18.1 Å². The predicted octanol–water partition coefficient (Wildman–Crippen LogP) is 1.04. The Morgan fingerprint density at radius 3 is 2.67 bits per heavy atom. The maximum Gasteiger partial charge on any atom is 0.336 e. The van der Waals surface area contributed by atoms with Gasteiger partial charge in [-0.25, -0.2) is 17.5 Å². The molecule has 1 fully saturated rings. The van der Waals surface area contributed by atoms with E-state index in [0.717, 1.165) is 22.9 Å². The fraction of sp³-hybridized carbons (Fsp3) is 0.526. The van der Waals surface area contributed by atoms with Gasteiger partial charge >= 0.3 is 5.63 Å². The maximum absolute atomic E-state index is 12.1. The monoisotopic (exact) mass is 394 g/mol. The Morgan fingerprint density at radius 2 is 2.00 bits per heavy atom. The zero-order chi connectivity index (χ0) is 19.8. The number of aliphatic hydroxyl groups is 1. The molecule has 1 N–H and O–H groups in total. The van der Waals surface area contributed by atoms with Crippen molar-refractivity contribution in [1.82, 2.24) is 9.21 Å². The van der Waals surface area contributed by atoms with Gasteiger partial charge in [-0.2, -0.15) is 0 Å². The molecule has 2 heterocycles. The summed E-state index contributed by atoms with van der Waals surface area (Å²) in [6, 6.07) is 7.26. The number of sulfonamides is 1. The number of nitrogens with zero attached hydrogens (tertiary/aromatic N) is 2. The highest BCUT2D eigenvalue weighted by Gasteiger charge is 2.35. The molecule has 2 atom stereocenters. The minimum atomic E-state index is -3.38. The lowest BCUT2D eigenvalue weighted by atomic mass is 10.1. The van der Waals surface area contributed by atoms with Crippen LogP contribution >= 0.6 is 0 Å². The Bertz CT molecular complexity index is 983. The van der Waals surface area contributed by atoms with E-state index in [9.17, 15) is 18.3 Å². The second-order valence-electron chi connectivity index (χ2n) is 7.36. The van der Waals surface area contributed by atoms with Crippen LogP contribution in [0.15, 0.2) is 33.5 Å². The van der Waals surface area contributed by atoms with Crippen LogP contribution in [0.2, 0.25) is 0 Å². The van der Waals surface area contributed by atoms with Gasteiger partial charge in [-0.3, -0.25) is 4.90 Å². The third kappa shape index (κ3) is 4.40. The zero-order valence-electron chi connectivity index (χ0n) is 15.9. The van der Waals surface area contributed by atoms with Crippen LogP contribution in [0.3, 0.4) is 0 Å². The topological polar surface area (TPSA) is 91.1 Å². The summed E-state index contributed by atoms with van der Waals surface area (Å²) in [5.74, 6) is -0.440. The van der Waals surface area contributed by atoms with E-state index in [4.69, 9.17) is 4.42 Å². The molecule has 0 spiro atoms. The number of fused-ring (bicyclic) bond motifs is 1. The fourth-order valence-corrected chi connectivity index (χ4v) is 4.69. The number of β-amino-alcohol motifs (C(OH)–C–C–N with tert-alkyl or cyclic N) is 1. The molecule has 148 valence electrons. The molecule has 0 amide bonds. The van der Waals surface area contributed by atoms with Gasteiger partial charge in [0.15, 0.2) is 0 Å². The lowest BCUT2D eigenvalue weighted by molar-refractivity contribution is 0.148. The van der Waals surface area contributed by atoms with Crippen molar-refractivity contribution in [2.75, 3.05) is 32.9 Å². The van der Waals surface area contributed by atoms with Gasteiger partial charge in [0, 0.05) is 51.1 Å². The Morgan fingerprint density at radius 1 is 1.26 bits per heavy atom. The van der Waals surface area contributed by atoms with E-state index in [0.29, 0.717) is 25.2 Å². The molecule has 0 bridgehead atoms. The first-order chi connectivity index (χ1) is 12.7. The maximum atomic E-state index is 12.1. The Hall–Kier alpha value is -1.74. The molecule has 3 rings (SSSR count). The van der Waals surface area contributed by atoms with Gasteiger partial charge in [-0.1, -0.05) is 13.0 Å². The second kappa shape index (κ2) is 7.71. The van der Waals surface area contributed by atoms with Gasteiger partial charge < -0.3 is 9.52 Å². The highest BCUT2D eigenvalue weighted by molar-refractivity contribution is 7.89. The van der Waals surface area contributed by atoms with Gasteiger partial charge in [0.25, 0.3) is 0 Å². The van der Waals surface area contributed by atoms with E-state index in [-0.39, 0.29) is 11.7 Å². The smallest absolute Gasteiger partial charge is 0.336 e. The molecule has 0 aliphatic carbocycles. The summed E-state index contributed by atoms with van der Waals surface area (Å²) in [5, 5.41) is 11.2. The van der Waals surface area contributed by atoms with Crippen molar-refractivity contribution in [1.29, 1.82) is 0 Å². The highest BCUT2D eigenvalue weighted by Crippen LogP contribution is 2.25. The van der Waals surface area contributed by atoms with Crippen LogP contribution in [-0.2, 0) is 23.0 Å². The van der Waals surface area contributed by atoms with Crippen molar-refractivity contribution >= 4 is 21.0 Å². The summed E-state index contributed by atoms with van der Waals surface area (Å²) < 4.78 is 30.7. The molecule has 7 nitrogen and oxygen atoms in total. The number of benzene rings is 1. The van der Waals surface area contributed by atoms with E-state index in [2.05, 4.69) is 6.92 Å². The van der Waals surface area contributed by atoms with Crippen molar-refractivity contribution in [2.24, 2.45) is 5.92 Å². The molecule has 1 aromatic heterocycles. The van der Waals surface area contributed by atoms with Crippen LogP contribution in [0.25, 0.3) is 11.0 Å². The van der Waals surface area contributed by atoms with E-state index >= 15 is 0 Å². The molecule has 0 radical (unpaired) electrons. The van der Waals surface area contributed by atoms with Crippen molar-refractivity contribution in [2.45, 2.75) is 26.0 Å². The Labute approximate surface area is 159 Å². The number of aryl methyl sites for hydroxylation is 1. The summed E-state index contributed by atoms with van der Waals surface area (Å²) in [7, 11) is -0.389. The van der Waals surface area contributed by atoms with E-state index < -0.39 is 21.8 Å². The van der Waals surface area contributed by atoms with Crippen molar-refractivity contribution in [3.8, 4) is 0 Å². The summed E-state index contributed by atoms with van der Waals surface area (Å²) in [6.45, 7) is 3.36. The summed E-state index contributed by atoms with van der Waals surface area (Å²) in [4.78, 5) is 13.9. The lowest BCUT2D eigenvalue weighted by Crippen LogP contribution is -2.33. The van der Waals surface area contributed by atoms with Gasteiger partial charge in [-0.05, 0) is 29.7 Å². The number of rotatable bonds is 6. The molecule has 27 heavy (non-hydrogen) atoms. The first kappa shape index (κ1) is 20.0. The molecule has 0 unspecified atom stereocenters. The first-order valence-electron chi connectivity index (χ1n) is 9.06. The molecule has 1 aliphatic heterocycles. The van der Waals surface area contributed by atoms with Crippen molar-refractivity contribution in [3.63, 3.8) is 0 Å². The van der Waals surface area contributed by atoms with Crippen LogP contribution in [0.5, 0.6) is 0 Å². The average Bonchev–Trinajstić information content (AvgIpc) is 2.92. The average molecular weight is 394 g/mol. The third-order valence-electron chi connectivity index (χ3n) is 5.16. The van der Waals surface area contributed by atoms with Gasteiger partial charge in [0.05, 0.1) is 11.9 Å². The Balaban J connectivity index is 1.83. The van der Waals surface area contributed by atoms with E-state index in [1.54, 1.807) is 0 Å². The molecule has 2 aromatic rings. The first-order valence-corrected chi connectivity index (χ1v) is 10.7. The third-order valence-corrected chi connectivity index (χ3v) is 7.12. The largest absolute Gasteiger partial charge is 0.423 e. The number of aliphatic hydroxyl groups excluding tert-OH is 1. The van der Waals surface area contributed by atoms with Crippen LogP contribution in [-0.4, -0.2) is 61.8 Å². The van der Waals surface area contributed by atoms with Crippen LogP contribution in [0.4, 0.5) is 0 Å². The molecule has 0 saturated carbocycles. The minimum Gasteiger partial charge on any atom is -0.423 e. The normalized spacial score (nSPS) is 21.4. The highest BCUT2D eigenvalue weighted by atomic mass is 32.2. The van der Waals surface area contributed by atoms with E-state index in [1.165, 1.54) is 24.5 Å². The fourth-order valence-electron chi connectivity index (χ4n) is 3.52. The number of hydrogen-bond donors (Lipinski definition) is 1. The van der Waals surface area contributed by atoms with Crippen molar-refractivity contribution < 1.29 is 17.9 Å². The van der Waals surface area contributed by atoms with Gasteiger partial charge in [0.1, 0.15) is 5.58 Å². The molecule has 1 aromatic carbocycles. The second-order valence-corrected chi connectivity index (χ2v) is 9.58. The molecular weight excluding hydrogens is 368 g/mol. The molecular formula is C19H26N2O5S. The standard InChI is InChI=1S/C19H26N2O5S/c1-4-13-5-6-18-16(7-13)14(8-19(23)26-18)9-21-10-15(17(22)11-21)12-27(24,25)20(2)3/h5-8,15,17,22H,4,9-12H2,1-3H3/t15-,17+/m0/s1. The SMILES string of the molecule is CCc1ccc2oc(=O)cc(CN3C[C@@H](CS(=O)(=O)N(C)C)[C@H](O)C3)c2c1. The minimum absolute atomic E-state index is 0.0880.